The zero-order valence-electron chi connectivity index (χ0n) is 24.2. The molecule has 214 valence electrons. The van der Waals surface area contributed by atoms with Gasteiger partial charge in [0.2, 0.25) is 0 Å². The summed E-state index contributed by atoms with van der Waals surface area (Å²) in [6.07, 6.45) is 7.27. The molecular formula is C33H30N8O2. The third-order valence-corrected chi connectivity index (χ3v) is 7.69. The Hall–Kier alpha value is -5.25. The molecule has 6 aromatic rings. The van der Waals surface area contributed by atoms with Crippen molar-refractivity contribution in [3.8, 4) is 34.0 Å². The minimum Gasteiger partial charge on any atom is -0.444 e. The first-order chi connectivity index (χ1) is 20.8. The first kappa shape index (κ1) is 26.6. The monoisotopic (exact) mass is 570 g/mol. The molecule has 43 heavy (non-hydrogen) atoms. The number of pyridine rings is 1. The lowest BCUT2D eigenvalue weighted by molar-refractivity contribution is 0.0377. The van der Waals surface area contributed by atoms with Gasteiger partial charge in [0.25, 0.3) is 0 Å². The summed E-state index contributed by atoms with van der Waals surface area (Å²) in [6.45, 7) is 5.61. The number of nitrogens with one attached hydrogen (secondary N) is 1. The van der Waals surface area contributed by atoms with Crippen molar-refractivity contribution in [1.29, 1.82) is 0 Å². The van der Waals surface area contributed by atoms with Crippen molar-refractivity contribution in [2.75, 3.05) is 0 Å². The van der Waals surface area contributed by atoms with E-state index in [4.69, 9.17) is 14.7 Å². The Balaban J connectivity index is 1.33. The lowest BCUT2D eigenvalue weighted by atomic mass is 9.71. The van der Waals surface area contributed by atoms with Crippen molar-refractivity contribution in [2.24, 2.45) is 0 Å². The van der Waals surface area contributed by atoms with Gasteiger partial charge in [-0.1, -0.05) is 54.6 Å². The number of alkyl carbamates (subject to hydrolysis) is 1. The van der Waals surface area contributed by atoms with E-state index in [2.05, 4.69) is 49.7 Å². The lowest BCUT2D eigenvalue weighted by Gasteiger charge is -2.43. The van der Waals surface area contributed by atoms with Crippen LogP contribution >= 0.6 is 0 Å². The van der Waals surface area contributed by atoms with Crippen molar-refractivity contribution in [1.82, 2.24) is 39.9 Å². The molecule has 1 aliphatic rings. The van der Waals surface area contributed by atoms with Gasteiger partial charge in [-0.3, -0.25) is 9.38 Å². The number of fused-ring (bicyclic) bond motifs is 3. The zero-order chi connectivity index (χ0) is 29.6. The summed E-state index contributed by atoms with van der Waals surface area (Å²) >= 11 is 0. The first-order valence-electron chi connectivity index (χ1n) is 14.3. The molecule has 4 aromatic heterocycles. The lowest BCUT2D eigenvalue weighted by Crippen LogP contribution is -2.52. The van der Waals surface area contributed by atoms with Crippen molar-refractivity contribution < 1.29 is 9.53 Å². The molecule has 10 heteroatoms. The molecule has 1 N–H and O–H groups in total. The number of aromatic nitrogens is 7. The predicted molar refractivity (Wildman–Crippen MR) is 163 cm³/mol. The molecule has 0 atom stereocenters. The maximum Gasteiger partial charge on any atom is 0.408 e. The van der Waals surface area contributed by atoms with Gasteiger partial charge in [-0.05, 0) is 57.7 Å². The highest BCUT2D eigenvalue weighted by Crippen LogP contribution is 2.42. The summed E-state index contributed by atoms with van der Waals surface area (Å²) in [5.74, 6) is 0.544. The predicted octanol–water partition coefficient (Wildman–Crippen LogP) is 6.37. The van der Waals surface area contributed by atoms with Gasteiger partial charge in [0, 0.05) is 23.5 Å². The van der Waals surface area contributed by atoms with Gasteiger partial charge >= 0.3 is 6.09 Å². The number of rotatable bonds is 5. The standard InChI is InChI=1S/C33H30N8O2/c1-32(2,3)43-31(42)38-33(16-7-17-33)23-12-10-22(11-13-23)27-28(21-8-5-4-6-9-21)37-29-24(36-27)14-15-26-39-40-30(41(26)29)25-20-34-18-19-35-25/h4-6,8-15,18-20H,7,16-17H2,1-3H3,(H,38,42). The number of benzene rings is 2. The van der Waals surface area contributed by atoms with Crippen LogP contribution in [0, 0.1) is 0 Å². The van der Waals surface area contributed by atoms with E-state index in [0.717, 1.165) is 47.3 Å². The zero-order valence-corrected chi connectivity index (χ0v) is 24.2. The summed E-state index contributed by atoms with van der Waals surface area (Å²) in [7, 11) is 0. The number of carbonyl (C=O) groups excluding carboxylic acids is 1. The Morgan fingerprint density at radius 1 is 0.884 bits per heavy atom. The van der Waals surface area contributed by atoms with Crippen molar-refractivity contribution in [3.63, 3.8) is 0 Å². The van der Waals surface area contributed by atoms with Crippen LogP contribution in [0.3, 0.4) is 0 Å². The molecule has 10 nitrogen and oxygen atoms in total. The maximum absolute atomic E-state index is 12.7. The van der Waals surface area contributed by atoms with Crippen LogP contribution in [0.25, 0.3) is 50.8 Å². The number of ether oxygens (including phenoxy) is 1. The molecule has 0 aliphatic heterocycles. The van der Waals surface area contributed by atoms with Crippen LogP contribution in [0.15, 0.2) is 85.3 Å². The fourth-order valence-electron chi connectivity index (χ4n) is 5.52. The Bertz CT molecular complexity index is 1950. The quantitative estimate of drug-likeness (QED) is 0.254. The molecule has 1 amide bonds. The highest BCUT2D eigenvalue weighted by atomic mass is 16.6. The second kappa shape index (κ2) is 10.2. The summed E-state index contributed by atoms with van der Waals surface area (Å²) in [6, 6.07) is 22.0. The van der Waals surface area contributed by atoms with Crippen LogP contribution in [-0.4, -0.2) is 46.2 Å². The average Bonchev–Trinajstić information content (AvgIpc) is 3.43. The molecule has 0 unspecified atom stereocenters. The van der Waals surface area contributed by atoms with Gasteiger partial charge in [-0.15, -0.1) is 10.2 Å². The fraction of sp³-hybridized carbons (Fsp3) is 0.242. The van der Waals surface area contributed by atoms with E-state index in [1.165, 1.54) is 0 Å². The summed E-state index contributed by atoms with van der Waals surface area (Å²) in [4.78, 5) is 31.6. The SMILES string of the molecule is CC(C)(C)OC(=O)NC1(c2ccc(-c3nc4ccc5nnc(-c6cnccn6)n5c4nc3-c3ccccc3)cc2)CCC1. The summed E-state index contributed by atoms with van der Waals surface area (Å²) in [5, 5.41) is 11.9. The highest BCUT2D eigenvalue weighted by Gasteiger charge is 2.41. The van der Waals surface area contributed by atoms with E-state index in [0.29, 0.717) is 28.3 Å². The molecule has 7 rings (SSSR count). The number of carbonyl (C=O) groups is 1. The number of hydrogen-bond acceptors (Lipinski definition) is 8. The molecule has 4 heterocycles. The van der Waals surface area contributed by atoms with Crippen LogP contribution in [0.4, 0.5) is 4.79 Å². The maximum atomic E-state index is 12.7. The van der Waals surface area contributed by atoms with Crippen molar-refractivity contribution >= 4 is 22.9 Å². The number of nitrogens with zero attached hydrogens (tertiary/aromatic N) is 7. The van der Waals surface area contributed by atoms with Gasteiger partial charge < -0.3 is 10.1 Å². The molecule has 0 spiro atoms. The van der Waals surface area contributed by atoms with Gasteiger partial charge in [-0.2, -0.15) is 0 Å². The fourth-order valence-corrected chi connectivity index (χ4v) is 5.52. The highest BCUT2D eigenvalue weighted by molar-refractivity contribution is 5.86. The first-order valence-corrected chi connectivity index (χ1v) is 14.3. The normalized spacial score (nSPS) is 14.4. The topological polar surface area (TPSA) is 120 Å². The third kappa shape index (κ3) is 4.94. The smallest absolute Gasteiger partial charge is 0.408 e. The minimum atomic E-state index is -0.560. The van der Waals surface area contributed by atoms with Crippen LogP contribution < -0.4 is 5.32 Å². The van der Waals surface area contributed by atoms with Crippen LogP contribution in [0.5, 0.6) is 0 Å². The van der Waals surface area contributed by atoms with E-state index in [1.54, 1.807) is 18.6 Å². The van der Waals surface area contributed by atoms with Crippen LogP contribution in [0.1, 0.15) is 45.6 Å². The Morgan fingerprint density at radius 3 is 2.30 bits per heavy atom. The Labute approximate surface area is 248 Å². The third-order valence-electron chi connectivity index (χ3n) is 7.69. The molecule has 2 aromatic carbocycles. The van der Waals surface area contributed by atoms with Gasteiger partial charge in [0.15, 0.2) is 17.1 Å². The summed E-state index contributed by atoms with van der Waals surface area (Å²) in [5.41, 5.74) is 5.94. The molecule has 0 bridgehead atoms. The second-order valence-electron chi connectivity index (χ2n) is 11.8. The molecule has 1 saturated carbocycles. The molecule has 1 fully saturated rings. The second-order valence-corrected chi connectivity index (χ2v) is 11.8. The van der Waals surface area contributed by atoms with E-state index in [-0.39, 0.29) is 0 Å². The van der Waals surface area contributed by atoms with Gasteiger partial charge in [0.1, 0.15) is 16.8 Å². The number of hydrogen-bond donors (Lipinski definition) is 1. The Morgan fingerprint density at radius 2 is 1.63 bits per heavy atom. The van der Waals surface area contributed by atoms with E-state index in [1.807, 2.05) is 67.6 Å². The van der Waals surface area contributed by atoms with Gasteiger partial charge in [0.05, 0.1) is 23.1 Å². The van der Waals surface area contributed by atoms with E-state index < -0.39 is 17.2 Å². The van der Waals surface area contributed by atoms with Crippen LogP contribution in [-0.2, 0) is 10.3 Å². The van der Waals surface area contributed by atoms with Crippen LogP contribution in [0.2, 0.25) is 0 Å². The van der Waals surface area contributed by atoms with E-state index in [9.17, 15) is 4.79 Å². The molecular weight excluding hydrogens is 540 g/mol. The van der Waals surface area contributed by atoms with Crippen molar-refractivity contribution in [3.05, 3.63) is 90.9 Å². The Kier molecular flexibility index (Phi) is 6.34. The van der Waals surface area contributed by atoms with Gasteiger partial charge in [-0.25, -0.2) is 19.7 Å². The average molecular weight is 571 g/mol. The summed E-state index contributed by atoms with van der Waals surface area (Å²) < 4.78 is 7.43. The van der Waals surface area contributed by atoms with E-state index >= 15 is 0 Å². The molecule has 0 saturated heterocycles. The molecule has 0 radical (unpaired) electrons. The van der Waals surface area contributed by atoms with Crippen molar-refractivity contribution in [2.45, 2.75) is 51.2 Å². The number of amides is 1. The molecule has 1 aliphatic carbocycles. The largest absolute Gasteiger partial charge is 0.444 e. The minimum absolute atomic E-state index is 0.399.